The molecule has 1 aliphatic rings. The van der Waals surface area contributed by atoms with Gasteiger partial charge in [-0.1, -0.05) is 52.4 Å². The molecule has 0 unspecified atom stereocenters. The number of hydrogen-bond acceptors (Lipinski definition) is 6. The first-order chi connectivity index (χ1) is 17.6. The van der Waals surface area contributed by atoms with E-state index in [1.807, 2.05) is 12.1 Å². The third kappa shape index (κ3) is 5.38. The van der Waals surface area contributed by atoms with E-state index >= 15 is 0 Å². The molecule has 5 rings (SSSR count). The minimum Gasteiger partial charge on any atom is -0.285 e. The second kappa shape index (κ2) is 11.7. The number of hydrogen-bond donors (Lipinski definition) is 0. The molecule has 0 saturated carbocycles. The summed E-state index contributed by atoms with van der Waals surface area (Å²) in [5.74, 6) is -0.716. The molecule has 4 aromatic heterocycles. The van der Waals surface area contributed by atoms with E-state index in [0.29, 0.717) is 11.1 Å². The summed E-state index contributed by atoms with van der Waals surface area (Å²) in [4.78, 5) is 32.6. The predicted molar refractivity (Wildman–Crippen MR) is 159 cm³/mol. The summed E-state index contributed by atoms with van der Waals surface area (Å²) in [6.07, 6.45) is 12.3. The quantitative estimate of drug-likeness (QED) is 0.129. The van der Waals surface area contributed by atoms with Crippen molar-refractivity contribution >= 4 is 56.9 Å². The molecule has 0 aromatic carbocycles. The topological polar surface area (TPSA) is 34.1 Å². The standard InChI is InChI=1S/C30H32O2S4/c1-3-5-7-9-11-19-13-23(33-17-19)25-15-21-27(31)28(32)22-16-26(36-30(22)29(21)35-25)24-14-20(18-34-24)12-10-8-6-4-2/h13-18H,3-12H2,1-2H3. The van der Waals surface area contributed by atoms with Crippen molar-refractivity contribution in [3.05, 3.63) is 57.3 Å². The molecular weight excluding hydrogens is 521 g/mol. The lowest BCUT2D eigenvalue weighted by Gasteiger charge is -2.08. The highest BCUT2D eigenvalue weighted by Crippen LogP contribution is 2.49. The van der Waals surface area contributed by atoms with Gasteiger partial charge in [0.2, 0.25) is 11.6 Å². The molecule has 4 aromatic rings. The number of Topliss-reactive ketones (excluding diaryl/α,β-unsaturated/α-hetero) is 2. The first kappa shape index (κ1) is 25.8. The lowest BCUT2D eigenvalue weighted by atomic mass is 9.95. The number of carbonyl (C=O) groups excluding carboxylic acids is 2. The maximum Gasteiger partial charge on any atom is 0.235 e. The molecule has 0 amide bonds. The number of aryl methyl sites for hydroxylation is 2. The first-order valence-corrected chi connectivity index (χ1v) is 16.5. The molecule has 4 heterocycles. The molecule has 36 heavy (non-hydrogen) atoms. The second-order valence-electron chi connectivity index (χ2n) is 9.62. The highest BCUT2D eigenvalue weighted by Gasteiger charge is 2.35. The van der Waals surface area contributed by atoms with Gasteiger partial charge in [0, 0.05) is 30.6 Å². The van der Waals surface area contributed by atoms with Gasteiger partial charge in [-0.25, -0.2) is 0 Å². The number of carbonyl (C=O) groups is 2. The zero-order chi connectivity index (χ0) is 25.1. The van der Waals surface area contributed by atoms with Crippen molar-refractivity contribution in [2.24, 2.45) is 0 Å². The molecular formula is C30H32O2S4. The Morgan fingerprint density at radius 2 is 1.00 bits per heavy atom. The summed E-state index contributed by atoms with van der Waals surface area (Å²) in [5, 5.41) is 4.50. The van der Waals surface area contributed by atoms with Crippen LogP contribution in [-0.4, -0.2) is 11.6 Å². The minimum atomic E-state index is -0.358. The van der Waals surface area contributed by atoms with Gasteiger partial charge in [0.15, 0.2) is 0 Å². The summed E-state index contributed by atoms with van der Waals surface area (Å²) in [6, 6.07) is 8.45. The van der Waals surface area contributed by atoms with E-state index in [1.54, 1.807) is 45.3 Å². The molecule has 0 saturated heterocycles. The van der Waals surface area contributed by atoms with Crippen molar-refractivity contribution in [1.82, 2.24) is 0 Å². The van der Waals surface area contributed by atoms with Crippen molar-refractivity contribution in [2.45, 2.75) is 78.1 Å². The van der Waals surface area contributed by atoms with Gasteiger partial charge >= 0.3 is 0 Å². The maximum atomic E-state index is 13.0. The fourth-order valence-corrected chi connectivity index (χ4v) is 9.27. The summed E-state index contributed by atoms with van der Waals surface area (Å²) in [5.41, 5.74) is 3.92. The van der Waals surface area contributed by atoms with Gasteiger partial charge in [-0.05, 0) is 71.8 Å². The van der Waals surface area contributed by atoms with Crippen LogP contribution in [0, 0.1) is 0 Å². The SMILES string of the molecule is CCCCCCc1csc(-c2cc3c(s2)-c2sc(-c4cc(CCCCCC)cs4)cc2C(=O)C3=O)c1. The normalized spacial score (nSPS) is 12.8. The van der Waals surface area contributed by atoms with Crippen LogP contribution in [0.15, 0.2) is 35.0 Å². The third-order valence-electron chi connectivity index (χ3n) is 6.80. The number of fused-ring (bicyclic) bond motifs is 3. The molecule has 0 aliphatic heterocycles. The average molecular weight is 553 g/mol. The second-order valence-corrected chi connectivity index (χ2v) is 13.6. The highest BCUT2D eigenvalue weighted by atomic mass is 32.1. The van der Waals surface area contributed by atoms with E-state index in [4.69, 9.17) is 0 Å². The Morgan fingerprint density at radius 1 is 0.556 bits per heavy atom. The van der Waals surface area contributed by atoms with Gasteiger partial charge in [-0.15, -0.1) is 45.3 Å². The maximum absolute atomic E-state index is 13.0. The predicted octanol–water partition coefficient (Wildman–Crippen LogP) is 10.6. The average Bonchev–Trinajstić information content (AvgIpc) is 3.67. The molecule has 2 nitrogen and oxygen atoms in total. The molecule has 0 atom stereocenters. The highest BCUT2D eigenvalue weighted by molar-refractivity contribution is 7.29. The van der Waals surface area contributed by atoms with Crippen LogP contribution in [0.4, 0.5) is 0 Å². The summed E-state index contributed by atoms with van der Waals surface area (Å²) in [7, 11) is 0. The Bertz CT molecular complexity index is 1260. The molecule has 1 aliphatic carbocycles. The van der Waals surface area contributed by atoms with Crippen LogP contribution in [0.3, 0.4) is 0 Å². The lowest BCUT2D eigenvalue weighted by molar-refractivity contribution is 0.0816. The fourth-order valence-electron chi connectivity index (χ4n) is 4.73. The smallest absolute Gasteiger partial charge is 0.235 e. The molecule has 188 valence electrons. The van der Waals surface area contributed by atoms with Crippen LogP contribution in [-0.2, 0) is 12.8 Å². The number of rotatable bonds is 12. The molecule has 0 bridgehead atoms. The molecule has 0 fully saturated rings. The van der Waals surface area contributed by atoms with Crippen molar-refractivity contribution in [2.75, 3.05) is 0 Å². The zero-order valence-electron chi connectivity index (χ0n) is 21.0. The van der Waals surface area contributed by atoms with Gasteiger partial charge in [0.25, 0.3) is 0 Å². The van der Waals surface area contributed by atoms with E-state index in [9.17, 15) is 9.59 Å². The van der Waals surface area contributed by atoms with Gasteiger partial charge in [0.05, 0.1) is 9.75 Å². The Kier molecular flexibility index (Phi) is 8.36. The Morgan fingerprint density at radius 3 is 1.42 bits per heavy atom. The molecule has 0 spiro atoms. The first-order valence-electron chi connectivity index (χ1n) is 13.1. The van der Waals surface area contributed by atoms with Crippen molar-refractivity contribution in [3.8, 4) is 29.3 Å². The van der Waals surface area contributed by atoms with Gasteiger partial charge in [0.1, 0.15) is 0 Å². The number of thiophene rings is 4. The fraction of sp³-hybridized carbons (Fsp3) is 0.400. The van der Waals surface area contributed by atoms with Crippen LogP contribution in [0.2, 0.25) is 0 Å². The van der Waals surface area contributed by atoms with Gasteiger partial charge < -0.3 is 0 Å². The van der Waals surface area contributed by atoms with E-state index < -0.39 is 0 Å². The number of ketones is 2. The van der Waals surface area contributed by atoms with E-state index in [-0.39, 0.29) is 11.6 Å². The van der Waals surface area contributed by atoms with Crippen molar-refractivity contribution in [1.29, 1.82) is 0 Å². The Balaban J connectivity index is 1.38. The van der Waals surface area contributed by atoms with Crippen LogP contribution in [0.5, 0.6) is 0 Å². The Hall–Kier alpha value is -1.86. The zero-order valence-corrected chi connectivity index (χ0v) is 24.3. The Labute approximate surface area is 230 Å². The molecule has 0 N–H and O–H groups in total. The summed E-state index contributed by atoms with van der Waals surface area (Å²) < 4.78 is 0. The minimum absolute atomic E-state index is 0.358. The van der Waals surface area contributed by atoms with Gasteiger partial charge in [-0.2, -0.15) is 0 Å². The van der Waals surface area contributed by atoms with Crippen molar-refractivity contribution in [3.63, 3.8) is 0 Å². The van der Waals surface area contributed by atoms with E-state index in [2.05, 4.69) is 36.7 Å². The summed E-state index contributed by atoms with van der Waals surface area (Å²) in [6.45, 7) is 4.48. The van der Waals surface area contributed by atoms with Crippen molar-refractivity contribution < 1.29 is 9.59 Å². The van der Waals surface area contributed by atoms with Crippen LogP contribution < -0.4 is 0 Å². The van der Waals surface area contributed by atoms with Crippen LogP contribution in [0.25, 0.3) is 29.3 Å². The number of unbranched alkanes of at least 4 members (excludes halogenated alkanes) is 6. The third-order valence-corrected chi connectivity index (χ3v) is 11.6. The van der Waals surface area contributed by atoms with Crippen LogP contribution >= 0.6 is 45.3 Å². The van der Waals surface area contributed by atoms with E-state index in [1.165, 1.54) is 72.2 Å². The lowest BCUT2D eigenvalue weighted by Crippen LogP contribution is -2.18. The van der Waals surface area contributed by atoms with Crippen LogP contribution in [0.1, 0.15) is 97.1 Å². The largest absolute Gasteiger partial charge is 0.285 e. The van der Waals surface area contributed by atoms with Gasteiger partial charge in [-0.3, -0.25) is 9.59 Å². The monoisotopic (exact) mass is 552 g/mol. The summed E-state index contributed by atoms with van der Waals surface area (Å²) >= 11 is 6.82. The van der Waals surface area contributed by atoms with E-state index in [0.717, 1.165) is 32.4 Å². The molecule has 6 heteroatoms. The molecule has 0 radical (unpaired) electrons.